The predicted octanol–water partition coefficient (Wildman–Crippen LogP) is 1.35. The molecule has 1 saturated carbocycles. The molecule has 3 rings (SSSR count). The van der Waals surface area contributed by atoms with Gasteiger partial charge >= 0.3 is 6.03 Å². The van der Waals surface area contributed by atoms with Gasteiger partial charge in [0.1, 0.15) is 5.41 Å². The minimum atomic E-state index is -0.905. The molecule has 0 aromatic rings. The van der Waals surface area contributed by atoms with Crippen molar-refractivity contribution in [2.75, 3.05) is 6.54 Å². The topological polar surface area (TPSA) is 66.5 Å². The fourth-order valence-corrected chi connectivity index (χ4v) is 2.72. The molecule has 1 aliphatic heterocycles. The maximum Gasteiger partial charge on any atom is 0.330 e. The Hall–Kier alpha value is -1.65. The minimum absolute atomic E-state index is 0.296. The van der Waals surface area contributed by atoms with Gasteiger partial charge in [-0.25, -0.2) is 4.79 Å². The number of amides is 4. The first-order valence-electron chi connectivity index (χ1n) is 6.49. The van der Waals surface area contributed by atoms with Crippen molar-refractivity contribution in [2.45, 2.75) is 38.5 Å². The Morgan fingerprint density at radius 3 is 2.67 bits per heavy atom. The van der Waals surface area contributed by atoms with E-state index in [-0.39, 0.29) is 5.91 Å². The summed E-state index contributed by atoms with van der Waals surface area (Å²) in [7, 11) is 0. The lowest BCUT2D eigenvalue weighted by Gasteiger charge is -2.30. The highest BCUT2D eigenvalue weighted by atomic mass is 16.2. The van der Waals surface area contributed by atoms with E-state index in [9.17, 15) is 14.4 Å². The van der Waals surface area contributed by atoms with Crippen molar-refractivity contribution in [2.24, 2.45) is 5.41 Å². The van der Waals surface area contributed by atoms with E-state index in [1.54, 1.807) is 0 Å². The molecular weight excluding hydrogens is 232 g/mol. The molecule has 96 valence electrons. The number of allylic oxidation sites excluding steroid dienone is 1. The minimum Gasteiger partial charge on any atom is -0.277 e. The standard InChI is InChI=1S/C13H16N2O3/c16-10-13(6-7-13)11(17)15(12(18)14-10)8-5-9-3-1-2-4-9/h3H,1-2,4-8H2,(H,14,16,18). The second kappa shape index (κ2) is 3.93. The first-order valence-corrected chi connectivity index (χ1v) is 6.49. The van der Waals surface area contributed by atoms with Crippen molar-refractivity contribution in [3.05, 3.63) is 11.6 Å². The molecule has 0 aromatic heterocycles. The van der Waals surface area contributed by atoms with Crippen LogP contribution in [0, 0.1) is 5.41 Å². The van der Waals surface area contributed by atoms with Crippen LogP contribution in [0.5, 0.6) is 0 Å². The van der Waals surface area contributed by atoms with Crippen LogP contribution >= 0.6 is 0 Å². The third-order valence-electron chi connectivity index (χ3n) is 4.10. The van der Waals surface area contributed by atoms with Gasteiger partial charge in [-0.2, -0.15) is 0 Å². The number of nitrogens with zero attached hydrogens (tertiary/aromatic N) is 1. The first-order chi connectivity index (χ1) is 8.63. The zero-order valence-corrected chi connectivity index (χ0v) is 10.2. The fourth-order valence-electron chi connectivity index (χ4n) is 2.72. The number of carbonyl (C=O) groups excluding carboxylic acids is 3. The molecule has 0 atom stereocenters. The predicted molar refractivity (Wildman–Crippen MR) is 63.5 cm³/mol. The molecule has 1 spiro atoms. The molecule has 18 heavy (non-hydrogen) atoms. The first kappa shape index (κ1) is 11.4. The summed E-state index contributed by atoms with van der Waals surface area (Å²) in [6.07, 6.45) is 7.39. The average molecular weight is 248 g/mol. The van der Waals surface area contributed by atoms with Gasteiger partial charge in [0.2, 0.25) is 11.8 Å². The van der Waals surface area contributed by atoms with E-state index in [1.165, 1.54) is 10.5 Å². The fraction of sp³-hybridized carbons (Fsp3) is 0.615. The summed E-state index contributed by atoms with van der Waals surface area (Å²) in [5, 5.41) is 2.30. The molecular formula is C13H16N2O3. The van der Waals surface area contributed by atoms with Crippen LogP contribution < -0.4 is 5.32 Å². The van der Waals surface area contributed by atoms with Crippen LogP contribution in [0.2, 0.25) is 0 Å². The zero-order valence-electron chi connectivity index (χ0n) is 10.2. The van der Waals surface area contributed by atoms with E-state index in [4.69, 9.17) is 0 Å². The molecule has 1 heterocycles. The second-order valence-corrected chi connectivity index (χ2v) is 5.30. The van der Waals surface area contributed by atoms with E-state index in [2.05, 4.69) is 11.4 Å². The quantitative estimate of drug-likeness (QED) is 0.605. The van der Waals surface area contributed by atoms with Crippen molar-refractivity contribution < 1.29 is 14.4 Å². The van der Waals surface area contributed by atoms with E-state index in [1.807, 2.05) is 0 Å². The van der Waals surface area contributed by atoms with Crippen LogP contribution in [0.3, 0.4) is 0 Å². The SMILES string of the molecule is O=C1NC(=O)C2(CC2)C(=O)N1CCC1=CCCC1. The smallest absolute Gasteiger partial charge is 0.277 e. The van der Waals surface area contributed by atoms with Crippen LogP contribution in [-0.4, -0.2) is 29.3 Å². The Labute approximate surface area is 105 Å². The summed E-state index contributed by atoms with van der Waals surface area (Å²) in [5.74, 6) is -0.705. The second-order valence-electron chi connectivity index (χ2n) is 5.30. The largest absolute Gasteiger partial charge is 0.330 e. The number of hydrogen-bond acceptors (Lipinski definition) is 3. The molecule has 0 unspecified atom stereocenters. The van der Waals surface area contributed by atoms with Gasteiger partial charge in [0.05, 0.1) is 0 Å². The summed E-state index contributed by atoms with van der Waals surface area (Å²) in [4.78, 5) is 36.7. The van der Waals surface area contributed by atoms with Gasteiger partial charge in [-0.1, -0.05) is 11.6 Å². The van der Waals surface area contributed by atoms with Gasteiger partial charge in [-0.15, -0.1) is 0 Å². The Morgan fingerprint density at radius 2 is 2.06 bits per heavy atom. The lowest BCUT2D eigenvalue weighted by Crippen LogP contribution is -2.59. The monoisotopic (exact) mass is 248 g/mol. The van der Waals surface area contributed by atoms with Gasteiger partial charge in [0.15, 0.2) is 0 Å². The molecule has 4 amide bonds. The molecule has 5 nitrogen and oxygen atoms in total. The van der Waals surface area contributed by atoms with Gasteiger partial charge in [0, 0.05) is 6.54 Å². The van der Waals surface area contributed by atoms with Crippen molar-refractivity contribution in [1.82, 2.24) is 10.2 Å². The van der Waals surface area contributed by atoms with Crippen molar-refractivity contribution >= 4 is 17.8 Å². The average Bonchev–Trinajstić information content (AvgIpc) is 2.99. The molecule has 5 heteroatoms. The van der Waals surface area contributed by atoms with Gasteiger partial charge in [0.25, 0.3) is 0 Å². The van der Waals surface area contributed by atoms with E-state index in [0.717, 1.165) is 25.7 Å². The Bertz CT molecular complexity index is 463. The van der Waals surface area contributed by atoms with E-state index in [0.29, 0.717) is 19.4 Å². The van der Waals surface area contributed by atoms with Crippen LogP contribution in [0.1, 0.15) is 38.5 Å². The molecule has 0 radical (unpaired) electrons. The van der Waals surface area contributed by atoms with Crippen LogP contribution in [-0.2, 0) is 9.59 Å². The number of barbiturate groups is 1. The number of urea groups is 1. The third-order valence-corrected chi connectivity index (χ3v) is 4.10. The maximum atomic E-state index is 12.2. The third kappa shape index (κ3) is 1.65. The highest BCUT2D eigenvalue weighted by Crippen LogP contribution is 2.49. The summed E-state index contributed by atoms with van der Waals surface area (Å²) in [5.41, 5.74) is 0.412. The van der Waals surface area contributed by atoms with Crippen LogP contribution in [0.15, 0.2) is 11.6 Å². The molecule has 0 aromatic carbocycles. The number of imide groups is 2. The summed E-state index contributed by atoms with van der Waals surface area (Å²) >= 11 is 0. The van der Waals surface area contributed by atoms with Crippen molar-refractivity contribution in [3.63, 3.8) is 0 Å². The molecule has 1 N–H and O–H groups in total. The number of nitrogens with one attached hydrogen (secondary N) is 1. The molecule has 2 fully saturated rings. The Kier molecular flexibility index (Phi) is 2.50. The van der Waals surface area contributed by atoms with Crippen molar-refractivity contribution in [1.29, 1.82) is 0 Å². The lowest BCUT2D eigenvalue weighted by molar-refractivity contribution is -0.144. The van der Waals surface area contributed by atoms with E-state index < -0.39 is 17.4 Å². The van der Waals surface area contributed by atoms with Gasteiger partial charge in [-0.3, -0.25) is 19.8 Å². The van der Waals surface area contributed by atoms with E-state index >= 15 is 0 Å². The van der Waals surface area contributed by atoms with Crippen LogP contribution in [0.4, 0.5) is 4.79 Å². The summed E-state index contributed by atoms with van der Waals surface area (Å²) in [6.45, 7) is 0.394. The van der Waals surface area contributed by atoms with Crippen LogP contribution in [0.25, 0.3) is 0 Å². The summed E-state index contributed by atoms with van der Waals surface area (Å²) < 4.78 is 0. The summed E-state index contributed by atoms with van der Waals surface area (Å²) in [6, 6.07) is -0.555. The molecule has 3 aliphatic rings. The highest BCUT2D eigenvalue weighted by molar-refractivity contribution is 6.20. The molecule has 2 aliphatic carbocycles. The Morgan fingerprint density at radius 1 is 1.28 bits per heavy atom. The van der Waals surface area contributed by atoms with Gasteiger partial charge in [-0.05, 0) is 38.5 Å². The van der Waals surface area contributed by atoms with Crippen molar-refractivity contribution in [3.8, 4) is 0 Å². The van der Waals surface area contributed by atoms with Gasteiger partial charge < -0.3 is 0 Å². The zero-order chi connectivity index (χ0) is 12.8. The number of hydrogen-bond donors (Lipinski definition) is 1. The maximum absolute atomic E-state index is 12.2. The number of carbonyl (C=O) groups is 3. The molecule has 0 bridgehead atoms. The number of rotatable bonds is 3. The highest BCUT2D eigenvalue weighted by Gasteiger charge is 2.61. The Balaban J connectivity index is 1.69. The molecule has 1 saturated heterocycles. The normalized spacial score (nSPS) is 25.4. The lowest BCUT2D eigenvalue weighted by atomic mass is 10.0.